The van der Waals surface area contributed by atoms with Gasteiger partial charge in [0.2, 0.25) is 5.91 Å². The van der Waals surface area contributed by atoms with Crippen LogP contribution in [0.1, 0.15) is 39.5 Å². The molecule has 5 nitrogen and oxygen atoms in total. The number of carbonyl (C=O) groups excluding carboxylic acids is 2. The lowest BCUT2D eigenvalue weighted by atomic mass is 9.86. The van der Waals surface area contributed by atoms with E-state index in [0.717, 1.165) is 12.8 Å². The number of alkyl carbamates (subject to hydrolysis) is 1. The van der Waals surface area contributed by atoms with Gasteiger partial charge in [-0.1, -0.05) is 19.8 Å². The first-order valence-corrected chi connectivity index (χ1v) is 6.33. The highest BCUT2D eigenvalue weighted by molar-refractivity contribution is 5.82. The van der Waals surface area contributed by atoms with Crippen molar-refractivity contribution < 1.29 is 14.3 Å². The van der Waals surface area contributed by atoms with Crippen molar-refractivity contribution in [3.8, 4) is 0 Å². The largest absolute Gasteiger partial charge is 0.450 e. The highest BCUT2D eigenvalue weighted by Crippen LogP contribution is 2.23. The smallest absolute Gasteiger partial charge is 0.407 e. The average Bonchev–Trinajstić information content (AvgIpc) is 2.30. The van der Waals surface area contributed by atoms with E-state index in [0.29, 0.717) is 12.5 Å². The Morgan fingerprint density at radius 1 is 1.29 bits per heavy atom. The van der Waals surface area contributed by atoms with Crippen molar-refractivity contribution in [3.05, 3.63) is 0 Å². The maximum atomic E-state index is 11.6. The van der Waals surface area contributed by atoms with Crippen LogP contribution < -0.4 is 10.6 Å². The first-order valence-electron chi connectivity index (χ1n) is 6.33. The van der Waals surface area contributed by atoms with Crippen LogP contribution in [0.25, 0.3) is 0 Å². The zero-order chi connectivity index (χ0) is 12.7. The van der Waals surface area contributed by atoms with Gasteiger partial charge in [-0.15, -0.1) is 0 Å². The lowest BCUT2D eigenvalue weighted by Gasteiger charge is -2.29. The Morgan fingerprint density at radius 2 is 2.00 bits per heavy atom. The van der Waals surface area contributed by atoms with Gasteiger partial charge in [0, 0.05) is 6.04 Å². The molecular weight excluding hydrogens is 220 g/mol. The molecule has 0 aromatic heterocycles. The summed E-state index contributed by atoms with van der Waals surface area (Å²) in [5, 5.41) is 5.37. The highest BCUT2D eigenvalue weighted by atomic mass is 16.5. The van der Waals surface area contributed by atoms with Crippen LogP contribution >= 0.6 is 0 Å². The molecule has 17 heavy (non-hydrogen) atoms. The number of nitrogens with one attached hydrogen (secondary N) is 2. The van der Waals surface area contributed by atoms with Crippen LogP contribution in [0.4, 0.5) is 4.79 Å². The van der Waals surface area contributed by atoms with E-state index < -0.39 is 6.09 Å². The van der Waals surface area contributed by atoms with Gasteiger partial charge >= 0.3 is 6.09 Å². The first kappa shape index (κ1) is 13.8. The van der Waals surface area contributed by atoms with E-state index in [1.54, 1.807) is 6.92 Å². The molecule has 0 aliphatic heterocycles. The minimum Gasteiger partial charge on any atom is -0.450 e. The predicted octanol–water partition coefficient (Wildman–Crippen LogP) is 1.43. The van der Waals surface area contributed by atoms with Gasteiger partial charge in [0.05, 0.1) is 6.61 Å². The summed E-state index contributed by atoms with van der Waals surface area (Å²) >= 11 is 0. The number of ether oxygens (including phenoxy) is 1. The van der Waals surface area contributed by atoms with E-state index >= 15 is 0 Å². The second kappa shape index (κ2) is 7.14. The molecule has 0 aromatic carbocycles. The highest BCUT2D eigenvalue weighted by Gasteiger charge is 2.22. The summed E-state index contributed by atoms with van der Waals surface area (Å²) in [7, 11) is 0. The van der Waals surface area contributed by atoms with E-state index in [-0.39, 0.29) is 18.5 Å². The molecule has 1 aliphatic rings. The fraction of sp³-hybridized carbons (Fsp3) is 0.833. The standard InChI is InChI=1S/C12H22N2O3/c1-3-17-12(16)13-8-11(15)14-10-7-5-4-6-9(10)2/h9-10H,3-8H2,1-2H3,(H,13,16)(H,14,15)/t9-,10+/m1/s1. The number of amides is 2. The summed E-state index contributed by atoms with van der Waals surface area (Å²) in [6.45, 7) is 4.18. The molecule has 0 radical (unpaired) electrons. The van der Waals surface area contributed by atoms with Crippen LogP contribution in [0, 0.1) is 5.92 Å². The Bertz CT molecular complexity index is 268. The van der Waals surface area contributed by atoms with Crippen molar-refractivity contribution in [2.45, 2.75) is 45.6 Å². The first-order chi connectivity index (χ1) is 8.13. The molecule has 0 saturated heterocycles. The van der Waals surface area contributed by atoms with Crippen molar-refractivity contribution in [1.29, 1.82) is 0 Å². The van der Waals surface area contributed by atoms with Gasteiger partial charge in [-0.2, -0.15) is 0 Å². The summed E-state index contributed by atoms with van der Waals surface area (Å²) in [6, 6.07) is 0.250. The average molecular weight is 242 g/mol. The van der Waals surface area contributed by atoms with Gasteiger partial charge in [-0.25, -0.2) is 4.79 Å². The zero-order valence-corrected chi connectivity index (χ0v) is 10.6. The molecular formula is C12H22N2O3. The maximum absolute atomic E-state index is 11.6. The predicted molar refractivity (Wildman–Crippen MR) is 64.6 cm³/mol. The summed E-state index contributed by atoms with van der Waals surface area (Å²) < 4.78 is 4.67. The number of hydrogen-bond donors (Lipinski definition) is 2. The molecule has 1 fully saturated rings. The quantitative estimate of drug-likeness (QED) is 0.783. The summed E-state index contributed by atoms with van der Waals surface area (Å²) in [6.07, 6.45) is 4.07. The van der Waals surface area contributed by atoms with E-state index in [1.165, 1.54) is 12.8 Å². The van der Waals surface area contributed by atoms with Crippen LogP contribution in [0.5, 0.6) is 0 Å². The molecule has 2 atom stereocenters. The van der Waals surface area contributed by atoms with Crippen LogP contribution in [0.2, 0.25) is 0 Å². The van der Waals surface area contributed by atoms with Crippen molar-refractivity contribution in [2.24, 2.45) is 5.92 Å². The third kappa shape index (κ3) is 5.06. The Morgan fingerprint density at radius 3 is 2.65 bits per heavy atom. The van der Waals surface area contributed by atoms with Gasteiger partial charge in [-0.3, -0.25) is 4.79 Å². The second-order valence-electron chi connectivity index (χ2n) is 4.51. The molecule has 2 N–H and O–H groups in total. The molecule has 5 heteroatoms. The van der Waals surface area contributed by atoms with Crippen LogP contribution in [0.15, 0.2) is 0 Å². The molecule has 1 aliphatic carbocycles. The summed E-state index contributed by atoms with van der Waals surface area (Å²) in [5.41, 5.74) is 0. The molecule has 0 heterocycles. The van der Waals surface area contributed by atoms with Crippen molar-refractivity contribution in [1.82, 2.24) is 10.6 Å². The minimum atomic E-state index is -0.542. The topological polar surface area (TPSA) is 67.4 Å². The molecule has 0 bridgehead atoms. The van der Waals surface area contributed by atoms with Gasteiger partial charge < -0.3 is 15.4 Å². The molecule has 2 amide bonds. The summed E-state index contributed by atoms with van der Waals surface area (Å²) in [5.74, 6) is 0.382. The number of carbonyl (C=O) groups is 2. The van der Waals surface area contributed by atoms with Gasteiger partial charge in [0.25, 0.3) is 0 Å². The van der Waals surface area contributed by atoms with Crippen LogP contribution in [0.3, 0.4) is 0 Å². The van der Waals surface area contributed by atoms with Gasteiger partial charge in [0.1, 0.15) is 6.54 Å². The molecule has 0 unspecified atom stereocenters. The third-order valence-electron chi connectivity index (χ3n) is 3.13. The van der Waals surface area contributed by atoms with E-state index in [4.69, 9.17) is 0 Å². The lowest BCUT2D eigenvalue weighted by Crippen LogP contribution is -2.45. The maximum Gasteiger partial charge on any atom is 0.407 e. The van der Waals surface area contributed by atoms with Crippen LogP contribution in [-0.2, 0) is 9.53 Å². The Balaban J connectivity index is 2.22. The molecule has 98 valence electrons. The SMILES string of the molecule is CCOC(=O)NCC(=O)N[C@H]1CCCC[C@H]1C. The van der Waals surface area contributed by atoms with E-state index in [2.05, 4.69) is 22.3 Å². The number of hydrogen-bond acceptors (Lipinski definition) is 3. The molecule has 1 rings (SSSR count). The summed E-state index contributed by atoms with van der Waals surface area (Å²) in [4.78, 5) is 22.6. The lowest BCUT2D eigenvalue weighted by molar-refractivity contribution is -0.121. The van der Waals surface area contributed by atoms with Crippen molar-refractivity contribution >= 4 is 12.0 Å². The Labute approximate surface area is 102 Å². The monoisotopic (exact) mass is 242 g/mol. The number of rotatable bonds is 4. The van der Waals surface area contributed by atoms with E-state index in [9.17, 15) is 9.59 Å². The van der Waals surface area contributed by atoms with Crippen molar-refractivity contribution in [3.63, 3.8) is 0 Å². The fourth-order valence-electron chi connectivity index (χ4n) is 2.12. The van der Waals surface area contributed by atoms with Gasteiger partial charge in [0.15, 0.2) is 0 Å². The van der Waals surface area contributed by atoms with Gasteiger partial charge in [-0.05, 0) is 25.7 Å². The normalized spacial score (nSPS) is 23.9. The van der Waals surface area contributed by atoms with Crippen LogP contribution in [-0.4, -0.2) is 31.2 Å². The molecule has 0 spiro atoms. The van der Waals surface area contributed by atoms with E-state index in [1.807, 2.05) is 0 Å². The zero-order valence-electron chi connectivity index (χ0n) is 10.6. The Hall–Kier alpha value is -1.26. The third-order valence-corrected chi connectivity index (χ3v) is 3.13. The molecule has 1 saturated carbocycles. The second-order valence-corrected chi connectivity index (χ2v) is 4.51. The Kier molecular flexibility index (Phi) is 5.80. The minimum absolute atomic E-state index is 0.0119. The molecule has 0 aromatic rings. The van der Waals surface area contributed by atoms with Crippen molar-refractivity contribution in [2.75, 3.05) is 13.2 Å². The fourth-order valence-corrected chi connectivity index (χ4v) is 2.12.